The summed E-state index contributed by atoms with van der Waals surface area (Å²) in [5.41, 5.74) is 10.7. The molecule has 98 valence electrons. The van der Waals surface area contributed by atoms with Crippen molar-refractivity contribution in [1.82, 2.24) is 0 Å². The molecule has 0 amide bonds. The molecule has 0 bridgehead atoms. The van der Waals surface area contributed by atoms with E-state index in [0.717, 1.165) is 12.8 Å². The third-order valence-electron chi connectivity index (χ3n) is 4.41. The summed E-state index contributed by atoms with van der Waals surface area (Å²) in [6.07, 6.45) is 3.18. The summed E-state index contributed by atoms with van der Waals surface area (Å²) in [6.45, 7) is 2.31. The molecule has 2 atom stereocenters. The summed E-state index contributed by atoms with van der Waals surface area (Å²) in [4.78, 5) is 0. The maximum absolute atomic E-state index is 6.76. The maximum atomic E-state index is 6.76. The van der Waals surface area contributed by atoms with E-state index in [-0.39, 0.29) is 5.54 Å². The van der Waals surface area contributed by atoms with E-state index in [0.29, 0.717) is 5.92 Å². The molecule has 2 aromatic carbocycles. The zero-order valence-corrected chi connectivity index (χ0v) is 11.5. The highest BCUT2D eigenvalue weighted by atomic mass is 14.8. The Bertz CT molecular complexity index is 561. The average Bonchev–Trinajstić information content (AvgIpc) is 2.45. The van der Waals surface area contributed by atoms with Crippen molar-refractivity contribution in [3.63, 3.8) is 0 Å². The molecule has 0 spiro atoms. The number of hydrogen-bond acceptors (Lipinski definition) is 1. The van der Waals surface area contributed by atoms with Crippen LogP contribution in [0.4, 0.5) is 0 Å². The van der Waals surface area contributed by atoms with Crippen LogP contribution in [0.2, 0.25) is 0 Å². The van der Waals surface area contributed by atoms with E-state index in [9.17, 15) is 0 Å². The fourth-order valence-corrected chi connectivity index (χ4v) is 3.29. The van der Waals surface area contributed by atoms with Crippen molar-refractivity contribution in [2.24, 2.45) is 5.73 Å². The first kappa shape index (κ1) is 12.4. The van der Waals surface area contributed by atoms with Crippen LogP contribution in [-0.2, 0) is 12.0 Å². The van der Waals surface area contributed by atoms with Gasteiger partial charge < -0.3 is 5.73 Å². The molecule has 2 N–H and O–H groups in total. The Morgan fingerprint density at radius 2 is 1.74 bits per heavy atom. The molecule has 0 heterocycles. The number of fused-ring (bicyclic) bond motifs is 1. The number of benzene rings is 2. The highest BCUT2D eigenvalue weighted by Crippen LogP contribution is 2.41. The number of nitrogens with two attached hydrogens (primary N) is 1. The summed E-state index contributed by atoms with van der Waals surface area (Å²) in [5, 5.41) is 0. The van der Waals surface area contributed by atoms with E-state index in [1.807, 2.05) is 0 Å². The van der Waals surface area contributed by atoms with Gasteiger partial charge in [0.25, 0.3) is 0 Å². The predicted octanol–water partition coefficient (Wildman–Crippen LogP) is 3.98. The fraction of sp³-hybridized carbons (Fsp3) is 0.333. The molecule has 0 saturated heterocycles. The molecule has 3 rings (SSSR count). The molecule has 19 heavy (non-hydrogen) atoms. The normalized spacial score (nSPS) is 25.9. The lowest BCUT2D eigenvalue weighted by Gasteiger charge is -2.38. The number of hydrogen-bond donors (Lipinski definition) is 1. The smallest absolute Gasteiger partial charge is 0.0453 e. The van der Waals surface area contributed by atoms with Gasteiger partial charge in [-0.1, -0.05) is 61.5 Å². The molecule has 1 aliphatic carbocycles. The van der Waals surface area contributed by atoms with Crippen molar-refractivity contribution in [3.8, 4) is 0 Å². The highest BCUT2D eigenvalue weighted by Gasteiger charge is 2.34. The Morgan fingerprint density at radius 3 is 2.53 bits per heavy atom. The van der Waals surface area contributed by atoms with Crippen molar-refractivity contribution in [1.29, 1.82) is 0 Å². The molecular weight excluding hydrogens is 230 g/mol. The monoisotopic (exact) mass is 251 g/mol. The van der Waals surface area contributed by atoms with Crippen molar-refractivity contribution >= 4 is 0 Å². The van der Waals surface area contributed by atoms with Gasteiger partial charge in [-0.25, -0.2) is 0 Å². The van der Waals surface area contributed by atoms with Crippen LogP contribution in [0.15, 0.2) is 54.6 Å². The van der Waals surface area contributed by atoms with Gasteiger partial charge in [-0.3, -0.25) is 0 Å². The summed E-state index contributed by atoms with van der Waals surface area (Å²) < 4.78 is 0. The Hall–Kier alpha value is -1.60. The SMILES string of the molecule is CC1CCC(N)(Cc2ccccc2)c2ccccc21. The van der Waals surface area contributed by atoms with Crippen molar-refractivity contribution < 1.29 is 0 Å². The fourth-order valence-electron chi connectivity index (χ4n) is 3.29. The molecule has 1 nitrogen and oxygen atoms in total. The van der Waals surface area contributed by atoms with Gasteiger partial charge in [0.05, 0.1) is 0 Å². The molecule has 2 aromatic rings. The quantitative estimate of drug-likeness (QED) is 0.858. The first-order chi connectivity index (χ1) is 9.19. The van der Waals surface area contributed by atoms with E-state index >= 15 is 0 Å². The van der Waals surface area contributed by atoms with E-state index < -0.39 is 0 Å². The molecule has 1 aliphatic rings. The predicted molar refractivity (Wildman–Crippen MR) is 80.1 cm³/mol. The van der Waals surface area contributed by atoms with Gasteiger partial charge in [-0.2, -0.15) is 0 Å². The van der Waals surface area contributed by atoms with Crippen LogP contribution in [0.1, 0.15) is 42.4 Å². The highest BCUT2D eigenvalue weighted by molar-refractivity contribution is 5.39. The van der Waals surface area contributed by atoms with Crippen LogP contribution in [0.25, 0.3) is 0 Å². The molecule has 0 fully saturated rings. The Kier molecular flexibility index (Phi) is 3.16. The van der Waals surface area contributed by atoms with Crippen molar-refractivity contribution in [2.75, 3.05) is 0 Å². The third-order valence-corrected chi connectivity index (χ3v) is 4.41. The summed E-state index contributed by atoms with van der Waals surface area (Å²) in [5.74, 6) is 0.628. The summed E-state index contributed by atoms with van der Waals surface area (Å²) in [6, 6.07) is 19.3. The van der Waals surface area contributed by atoms with Gasteiger partial charge in [-0.05, 0) is 41.9 Å². The maximum Gasteiger partial charge on any atom is 0.0453 e. The van der Waals surface area contributed by atoms with Gasteiger partial charge >= 0.3 is 0 Å². The van der Waals surface area contributed by atoms with Crippen LogP contribution >= 0.6 is 0 Å². The van der Waals surface area contributed by atoms with E-state index in [1.54, 1.807) is 0 Å². The second-order valence-corrected chi connectivity index (χ2v) is 5.85. The zero-order chi connectivity index (χ0) is 13.3. The molecule has 0 radical (unpaired) electrons. The molecular formula is C18H21N. The summed E-state index contributed by atoms with van der Waals surface area (Å²) >= 11 is 0. The Morgan fingerprint density at radius 1 is 1.05 bits per heavy atom. The lowest BCUT2D eigenvalue weighted by molar-refractivity contribution is 0.349. The van der Waals surface area contributed by atoms with Crippen LogP contribution in [0, 0.1) is 0 Å². The zero-order valence-electron chi connectivity index (χ0n) is 11.5. The molecule has 0 aromatic heterocycles. The number of rotatable bonds is 2. The van der Waals surface area contributed by atoms with Crippen LogP contribution in [-0.4, -0.2) is 0 Å². The van der Waals surface area contributed by atoms with Gasteiger partial charge in [0.1, 0.15) is 0 Å². The van der Waals surface area contributed by atoms with Gasteiger partial charge in [0.15, 0.2) is 0 Å². The minimum Gasteiger partial charge on any atom is -0.321 e. The van der Waals surface area contributed by atoms with Crippen molar-refractivity contribution in [3.05, 3.63) is 71.3 Å². The molecule has 2 unspecified atom stereocenters. The van der Waals surface area contributed by atoms with E-state index in [2.05, 4.69) is 61.5 Å². The third kappa shape index (κ3) is 2.31. The van der Waals surface area contributed by atoms with Crippen LogP contribution in [0.5, 0.6) is 0 Å². The van der Waals surface area contributed by atoms with Gasteiger partial charge in [0.2, 0.25) is 0 Å². The van der Waals surface area contributed by atoms with Gasteiger partial charge in [0, 0.05) is 5.54 Å². The second-order valence-electron chi connectivity index (χ2n) is 5.85. The Labute approximate surface area is 115 Å². The molecule has 0 aliphatic heterocycles. The summed E-state index contributed by atoms with van der Waals surface area (Å²) in [7, 11) is 0. The van der Waals surface area contributed by atoms with E-state index in [1.165, 1.54) is 23.1 Å². The topological polar surface area (TPSA) is 26.0 Å². The lowest BCUT2D eigenvalue weighted by Crippen LogP contribution is -2.42. The molecule has 0 saturated carbocycles. The molecule has 1 heteroatoms. The first-order valence-electron chi connectivity index (χ1n) is 7.11. The van der Waals surface area contributed by atoms with Crippen LogP contribution in [0.3, 0.4) is 0 Å². The largest absolute Gasteiger partial charge is 0.321 e. The van der Waals surface area contributed by atoms with E-state index in [4.69, 9.17) is 5.73 Å². The average molecular weight is 251 g/mol. The van der Waals surface area contributed by atoms with Gasteiger partial charge in [-0.15, -0.1) is 0 Å². The minimum atomic E-state index is -0.204. The lowest BCUT2D eigenvalue weighted by atomic mass is 9.70. The first-order valence-corrected chi connectivity index (χ1v) is 7.11. The van der Waals surface area contributed by atoms with Crippen molar-refractivity contribution in [2.45, 2.75) is 37.6 Å². The standard InChI is InChI=1S/C18H21N/c1-14-11-12-18(19,13-15-7-3-2-4-8-15)17-10-6-5-9-16(14)17/h2-10,14H,11-13,19H2,1H3. The van der Waals surface area contributed by atoms with Crippen LogP contribution < -0.4 is 5.73 Å². The second kappa shape index (κ2) is 4.82. The minimum absolute atomic E-state index is 0.204. The Balaban J connectivity index is 1.99.